The van der Waals surface area contributed by atoms with Crippen molar-refractivity contribution in [1.29, 1.82) is 0 Å². The monoisotopic (exact) mass is 336 g/mol. The Morgan fingerprint density at radius 3 is 2.70 bits per heavy atom. The molecule has 1 heterocycles. The lowest BCUT2D eigenvalue weighted by molar-refractivity contribution is -0.143. The normalized spacial score (nSPS) is 27.2. The lowest BCUT2D eigenvalue weighted by Crippen LogP contribution is -2.52. The fourth-order valence-electron chi connectivity index (χ4n) is 3.42. The molecule has 1 aromatic rings. The van der Waals surface area contributed by atoms with Crippen molar-refractivity contribution in [2.24, 2.45) is 5.92 Å². The molecule has 2 aliphatic rings. The number of nitrogens with one attached hydrogen (secondary N) is 1. The van der Waals surface area contributed by atoms with Crippen LogP contribution in [0.1, 0.15) is 37.2 Å². The molecule has 1 aromatic carbocycles. The van der Waals surface area contributed by atoms with Gasteiger partial charge in [-0.1, -0.05) is 29.8 Å². The molecule has 3 rings (SSSR count). The van der Waals surface area contributed by atoms with Crippen molar-refractivity contribution in [3.63, 3.8) is 0 Å². The zero-order valence-electron chi connectivity index (χ0n) is 12.9. The van der Waals surface area contributed by atoms with E-state index >= 15 is 0 Å². The molecule has 2 N–H and O–H groups in total. The van der Waals surface area contributed by atoms with Crippen LogP contribution >= 0.6 is 11.6 Å². The molecule has 1 aliphatic heterocycles. The van der Waals surface area contributed by atoms with Crippen LogP contribution in [0.3, 0.4) is 0 Å². The Balaban J connectivity index is 1.49. The zero-order chi connectivity index (χ0) is 16.4. The molecule has 0 bridgehead atoms. The van der Waals surface area contributed by atoms with Crippen LogP contribution in [0, 0.1) is 5.92 Å². The van der Waals surface area contributed by atoms with Gasteiger partial charge in [0.1, 0.15) is 0 Å². The van der Waals surface area contributed by atoms with Crippen molar-refractivity contribution in [2.45, 2.75) is 37.6 Å². The van der Waals surface area contributed by atoms with Gasteiger partial charge >= 0.3 is 12.0 Å². The van der Waals surface area contributed by atoms with Crippen LogP contribution in [0.25, 0.3) is 0 Å². The van der Waals surface area contributed by atoms with E-state index in [0.717, 1.165) is 29.8 Å². The summed E-state index contributed by atoms with van der Waals surface area (Å²) in [7, 11) is 0. The first-order chi connectivity index (χ1) is 11.0. The summed E-state index contributed by atoms with van der Waals surface area (Å²) in [6.07, 6.45) is 3.16. The summed E-state index contributed by atoms with van der Waals surface area (Å²) >= 11 is 6.20. The highest BCUT2D eigenvalue weighted by molar-refractivity contribution is 6.31. The molecular weight excluding hydrogens is 316 g/mol. The van der Waals surface area contributed by atoms with Gasteiger partial charge in [0.2, 0.25) is 0 Å². The number of hydrogen-bond acceptors (Lipinski definition) is 2. The van der Waals surface area contributed by atoms with Gasteiger partial charge in [0.05, 0.1) is 5.92 Å². The molecule has 0 radical (unpaired) electrons. The SMILES string of the molecule is O=C(O)C1CCCN(C(=O)NC2CC(c3ccccc3Cl)C2)C1. The number of halogens is 1. The second kappa shape index (κ2) is 6.79. The molecule has 1 atom stereocenters. The number of rotatable bonds is 3. The van der Waals surface area contributed by atoms with Gasteiger partial charge in [0.25, 0.3) is 0 Å². The fourth-order valence-corrected chi connectivity index (χ4v) is 3.71. The number of carboxylic acid groups (broad SMARTS) is 1. The summed E-state index contributed by atoms with van der Waals surface area (Å²) in [4.78, 5) is 25.0. The first kappa shape index (κ1) is 16.1. The molecule has 0 aromatic heterocycles. The summed E-state index contributed by atoms with van der Waals surface area (Å²) < 4.78 is 0. The van der Waals surface area contributed by atoms with Crippen molar-refractivity contribution >= 4 is 23.6 Å². The Kier molecular flexibility index (Phi) is 4.76. The largest absolute Gasteiger partial charge is 0.481 e. The summed E-state index contributed by atoms with van der Waals surface area (Å²) in [5, 5.41) is 12.9. The number of benzene rings is 1. The Bertz CT molecular complexity index is 601. The van der Waals surface area contributed by atoms with Gasteiger partial charge in [-0.2, -0.15) is 0 Å². The third kappa shape index (κ3) is 3.61. The second-order valence-corrected chi connectivity index (χ2v) is 6.87. The molecule has 23 heavy (non-hydrogen) atoms. The van der Waals surface area contributed by atoms with Gasteiger partial charge in [0.15, 0.2) is 0 Å². The first-order valence-electron chi connectivity index (χ1n) is 8.07. The molecule has 5 nitrogen and oxygen atoms in total. The molecule has 2 fully saturated rings. The number of nitrogens with zero attached hydrogens (tertiary/aromatic N) is 1. The van der Waals surface area contributed by atoms with Gasteiger partial charge in [-0.25, -0.2) is 4.79 Å². The third-order valence-corrected chi connectivity index (χ3v) is 5.21. The Labute approximate surface area is 140 Å². The number of carbonyl (C=O) groups excluding carboxylic acids is 1. The molecular formula is C17H21ClN2O3. The Morgan fingerprint density at radius 1 is 1.26 bits per heavy atom. The summed E-state index contributed by atoms with van der Waals surface area (Å²) in [5.41, 5.74) is 1.14. The molecule has 1 unspecified atom stereocenters. The van der Waals surface area contributed by atoms with Gasteiger partial charge < -0.3 is 15.3 Å². The first-order valence-corrected chi connectivity index (χ1v) is 8.45. The maximum absolute atomic E-state index is 12.3. The van der Waals surface area contributed by atoms with E-state index in [1.165, 1.54) is 0 Å². The van der Waals surface area contributed by atoms with Crippen LogP contribution in [0.15, 0.2) is 24.3 Å². The van der Waals surface area contributed by atoms with Crippen molar-refractivity contribution < 1.29 is 14.7 Å². The molecule has 2 amide bonds. The number of aliphatic carboxylic acids is 1. The van der Waals surface area contributed by atoms with Crippen LogP contribution in [0.4, 0.5) is 4.79 Å². The smallest absolute Gasteiger partial charge is 0.317 e. The molecule has 124 valence electrons. The number of carboxylic acids is 1. The molecule has 1 saturated heterocycles. The molecule has 1 saturated carbocycles. The maximum atomic E-state index is 12.3. The minimum absolute atomic E-state index is 0.140. The van der Waals surface area contributed by atoms with E-state index in [4.69, 9.17) is 16.7 Å². The lowest BCUT2D eigenvalue weighted by atomic mass is 9.76. The van der Waals surface area contributed by atoms with Crippen molar-refractivity contribution in [3.05, 3.63) is 34.9 Å². The predicted molar refractivity (Wildman–Crippen MR) is 87.7 cm³/mol. The summed E-state index contributed by atoms with van der Waals surface area (Å²) in [5.74, 6) is -0.862. The summed E-state index contributed by atoms with van der Waals surface area (Å²) in [6.45, 7) is 0.943. The molecule has 0 spiro atoms. The van der Waals surface area contributed by atoms with Crippen molar-refractivity contribution in [3.8, 4) is 0 Å². The van der Waals surface area contributed by atoms with E-state index in [0.29, 0.717) is 25.4 Å². The van der Waals surface area contributed by atoms with E-state index in [9.17, 15) is 9.59 Å². The number of urea groups is 1. The van der Waals surface area contributed by atoms with Crippen LogP contribution in [0.2, 0.25) is 5.02 Å². The highest BCUT2D eigenvalue weighted by atomic mass is 35.5. The van der Waals surface area contributed by atoms with E-state index in [1.807, 2.05) is 24.3 Å². The Morgan fingerprint density at radius 2 is 2.00 bits per heavy atom. The zero-order valence-corrected chi connectivity index (χ0v) is 13.6. The van der Waals surface area contributed by atoms with E-state index in [1.54, 1.807) is 4.90 Å². The number of carbonyl (C=O) groups is 2. The van der Waals surface area contributed by atoms with Gasteiger partial charge in [-0.15, -0.1) is 0 Å². The van der Waals surface area contributed by atoms with E-state index < -0.39 is 11.9 Å². The third-order valence-electron chi connectivity index (χ3n) is 4.87. The number of likely N-dealkylation sites (tertiary alicyclic amines) is 1. The van der Waals surface area contributed by atoms with Crippen molar-refractivity contribution in [1.82, 2.24) is 10.2 Å². The number of piperidine rings is 1. The highest BCUT2D eigenvalue weighted by Gasteiger charge is 2.34. The predicted octanol–water partition coefficient (Wildman–Crippen LogP) is 3.09. The van der Waals surface area contributed by atoms with Gasteiger partial charge in [0, 0.05) is 24.2 Å². The highest BCUT2D eigenvalue weighted by Crippen LogP contribution is 2.40. The van der Waals surface area contributed by atoms with Gasteiger partial charge in [-0.05, 0) is 43.2 Å². The minimum Gasteiger partial charge on any atom is -0.481 e. The summed E-state index contributed by atoms with van der Waals surface area (Å²) in [6, 6.07) is 7.83. The van der Waals surface area contributed by atoms with E-state index in [-0.39, 0.29) is 12.1 Å². The lowest BCUT2D eigenvalue weighted by Gasteiger charge is -2.39. The quantitative estimate of drug-likeness (QED) is 0.891. The van der Waals surface area contributed by atoms with Gasteiger partial charge in [-0.3, -0.25) is 4.79 Å². The van der Waals surface area contributed by atoms with E-state index in [2.05, 4.69) is 5.32 Å². The standard InChI is InChI=1S/C17H21ClN2O3/c18-15-6-2-1-5-14(15)12-8-13(9-12)19-17(23)20-7-3-4-11(10-20)16(21)22/h1-2,5-6,11-13H,3-4,7-10H2,(H,19,23)(H,21,22). The molecule has 1 aliphatic carbocycles. The van der Waals surface area contributed by atoms with Crippen LogP contribution in [-0.2, 0) is 4.79 Å². The topological polar surface area (TPSA) is 69.6 Å². The second-order valence-electron chi connectivity index (χ2n) is 6.46. The average molecular weight is 337 g/mol. The average Bonchev–Trinajstić information content (AvgIpc) is 2.51. The van der Waals surface area contributed by atoms with Crippen LogP contribution < -0.4 is 5.32 Å². The van der Waals surface area contributed by atoms with Crippen LogP contribution in [-0.4, -0.2) is 41.1 Å². The molecule has 6 heteroatoms. The van der Waals surface area contributed by atoms with Crippen molar-refractivity contribution in [2.75, 3.05) is 13.1 Å². The maximum Gasteiger partial charge on any atom is 0.317 e. The van der Waals surface area contributed by atoms with Crippen LogP contribution in [0.5, 0.6) is 0 Å². The Hall–Kier alpha value is -1.75. The number of amides is 2. The fraction of sp³-hybridized carbons (Fsp3) is 0.529. The number of hydrogen-bond donors (Lipinski definition) is 2. The minimum atomic E-state index is -0.815.